The van der Waals surface area contributed by atoms with Gasteiger partial charge in [0, 0.05) is 5.92 Å². The van der Waals surface area contributed by atoms with Crippen LogP contribution in [0.4, 0.5) is 0 Å². The number of fused-ring (bicyclic) bond motifs is 2. The molecule has 1 spiro atoms. The van der Waals surface area contributed by atoms with Gasteiger partial charge in [-0.1, -0.05) is 55.5 Å². The molecule has 0 aliphatic heterocycles. The van der Waals surface area contributed by atoms with E-state index in [-0.39, 0.29) is 5.41 Å². The fourth-order valence-corrected chi connectivity index (χ4v) is 3.31. The summed E-state index contributed by atoms with van der Waals surface area (Å²) >= 11 is 0. The maximum atomic E-state index is 2.27. The molecule has 0 saturated heterocycles. The van der Waals surface area contributed by atoms with Crippen molar-refractivity contribution in [2.45, 2.75) is 12.3 Å². The summed E-state index contributed by atoms with van der Waals surface area (Å²) in [4.78, 5) is 0. The standard InChI is InChI=1S/C15H11/c1-10-11-2-4-12(5-3-11)15(10)13-6-7-14(15)9-8-13/h2-9H,1H3. The minimum atomic E-state index is 0.110. The maximum absolute atomic E-state index is 2.27. The van der Waals surface area contributed by atoms with Crippen molar-refractivity contribution in [1.29, 1.82) is 0 Å². The van der Waals surface area contributed by atoms with Crippen LogP contribution >= 0.6 is 0 Å². The first-order valence-corrected chi connectivity index (χ1v) is 5.39. The molecule has 0 heteroatoms. The zero-order chi connectivity index (χ0) is 10.0. The molecule has 1 aromatic carbocycles. The highest BCUT2D eigenvalue weighted by Crippen LogP contribution is 2.58. The second-order valence-electron chi connectivity index (χ2n) is 4.53. The van der Waals surface area contributed by atoms with E-state index in [1.807, 2.05) is 0 Å². The Labute approximate surface area is 89.6 Å². The maximum Gasteiger partial charge on any atom is 0.0553 e. The quantitative estimate of drug-likeness (QED) is 0.590. The molecule has 0 unspecified atom stereocenters. The number of benzene rings is 1. The molecule has 0 amide bonds. The molecule has 0 fully saturated rings. The lowest BCUT2D eigenvalue weighted by Crippen LogP contribution is -2.35. The molecule has 0 heterocycles. The van der Waals surface area contributed by atoms with Crippen molar-refractivity contribution in [3.05, 3.63) is 76.8 Å². The second-order valence-corrected chi connectivity index (χ2v) is 4.53. The van der Waals surface area contributed by atoms with Crippen molar-refractivity contribution in [3.63, 3.8) is 0 Å². The van der Waals surface area contributed by atoms with Crippen LogP contribution in [0.15, 0.2) is 59.7 Å². The molecule has 0 aromatic heterocycles. The number of hydrogen-bond acceptors (Lipinski definition) is 0. The predicted molar refractivity (Wildman–Crippen MR) is 61.4 cm³/mol. The molecule has 15 heavy (non-hydrogen) atoms. The van der Waals surface area contributed by atoms with Crippen LogP contribution in [0.25, 0.3) is 0 Å². The Morgan fingerprint density at radius 3 is 1.93 bits per heavy atom. The van der Waals surface area contributed by atoms with Gasteiger partial charge in [0.15, 0.2) is 0 Å². The lowest BCUT2D eigenvalue weighted by atomic mass is 9.61. The van der Waals surface area contributed by atoms with Crippen LogP contribution in [0, 0.1) is 5.92 Å². The smallest absolute Gasteiger partial charge is 0.0553 e. The average molecular weight is 191 g/mol. The van der Waals surface area contributed by atoms with Crippen molar-refractivity contribution in [2.24, 2.45) is 0 Å². The van der Waals surface area contributed by atoms with Crippen molar-refractivity contribution in [3.8, 4) is 0 Å². The molecule has 4 bridgehead atoms. The van der Waals surface area contributed by atoms with Gasteiger partial charge in [0.05, 0.1) is 5.41 Å². The third-order valence-corrected chi connectivity index (χ3v) is 4.06. The fraction of sp³-hybridized carbons (Fsp3) is 0.133. The first-order valence-electron chi connectivity index (χ1n) is 5.39. The topological polar surface area (TPSA) is 0 Å². The summed E-state index contributed by atoms with van der Waals surface area (Å²) in [6, 6.07) is 8.99. The minimum absolute atomic E-state index is 0.110. The van der Waals surface area contributed by atoms with Gasteiger partial charge in [-0.05, 0) is 22.3 Å². The summed E-state index contributed by atoms with van der Waals surface area (Å²) in [5, 5.41) is 0. The molecule has 0 nitrogen and oxygen atoms in total. The van der Waals surface area contributed by atoms with E-state index in [4.69, 9.17) is 0 Å². The van der Waals surface area contributed by atoms with Gasteiger partial charge in [-0.3, -0.25) is 0 Å². The molecule has 4 aliphatic carbocycles. The van der Waals surface area contributed by atoms with Gasteiger partial charge in [0.1, 0.15) is 0 Å². The largest absolute Gasteiger partial charge is 0.0581 e. The Kier molecular flexibility index (Phi) is 1.11. The highest BCUT2D eigenvalue weighted by atomic mass is 14.5. The highest BCUT2D eigenvalue weighted by molar-refractivity contribution is 5.74. The number of rotatable bonds is 0. The van der Waals surface area contributed by atoms with Crippen LogP contribution in [0.5, 0.6) is 0 Å². The molecule has 0 saturated carbocycles. The van der Waals surface area contributed by atoms with Gasteiger partial charge in [-0.2, -0.15) is 0 Å². The van der Waals surface area contributed by atoms with Crippen LogP contribution in [0.3, 0.4) is 0 Å². The first kappa shape index (κ1) is 7.70. The Morgan fingerprint density at radius 2 is 1.47 bits per heavy atom. The van der Waals surface area contributed by atoms with Crippen LogP contribution in [-0.2, 0) is 5.41 Å². The Bertz CT molecular complexity index is 516. The Hall–Kier alpha value is -1.56. The van der Waals surface area contributed by atoms with E-state index < -0.39 is 0 Å². The van der Waals surface area contributed by atoms with Gasteiger partial charge in [0.2, 0.25) is 0 Å². The fourth-order valence-electron chi connectivity index (χ4n) is 3.31. The predicted octanol–water partition coefficient (Wildman–Crippen LogP) is 3.32. The number of hydrogen-bond donors (Lipinski definition) is 0. The van der Waals surface area contributed by atoms with E-state index in [0.29, 0.717) is 0 Å². The van der Waals surface area contributed by atoms with Gasteiger partial charge in [0.25, 0.3) is 0 Å². The lowest BCUT2D eigenvalue weighted by Gasteiger charge is -2.41. The van der Waals surface area contributed by atoms with E-state index in [9.17, 15) is 0 Å². The molecular formula is C15H11. The van der Waals surface area contributed by atoms with E-state index in [2.05, 4.69) is 55.5 Å². The molecular weight excluding hydrogens is 180 g/mol. The zero-order valence-corrected chi connectivity index (χ0v) is 8.62. The summed E-state index contributed by atoms with van der Waals surface area (Å²) in [6.07, 6.45) is 9.03. The normalized spacial score (nSPS) is 23.8. The molecule has 1 radical (unpaired) electrons. The zero-order valence-electron chi connectivity index (χ0n) is 8.62. The summed E-state index contributed by atoms with van der Waals surface area (Å²) in [5.74, 6) is 1.49. The first-order chi connectivity index (χ1) is 7.33. The molecule has 71 valence electrons. The summed E-state index contributed by atoms with van der Waals surface area (Å²) < 4.78 is 0. The van der Waals surface area contributed by atoms with Gasteiger partial charge < -0.3 is 0 Å². The van der Waals surface area contributed by atoms with Crippen LogP contribution in [0.2, 0.25) is 0 Å². The Morgan fingerprint density at radius 1 is 0.867 bits per heavy atom. The average Bonchev–Trinajstić information content (AvgIpc) is 2.82. The van der Waals surface area contributed by atoms with Crippen molar-refractivity contribution in [2.75, 3.05) is 0 Å². The van der Waals surface area contributed by atoms with E-state index in [1.165, 1.54) is 28.2 Å². The molecule has 5 rings (SSSR count). The van der Waals surface area contributed by atoms with Crippen LogP contribution in [0.1, 0.15) is 18.1 Å². The molecule has 0 atom stereocenters. The summed E-state index contributed by atoms with van der Waals surface area (Å²) in [7, 11) is 0. The Balaban J connectivity index is 2.10. The molecule has 0 N–H and O–H groups in total. The van der Waals surface area contributed by atoms with Gasteiger partial charge in [-0.15, -0.1) is 0 Å². The van der Waals surface area contributed by atoms with Gasteiger partial charge in [-0.25, -0.2) is 0 Å². The monoisotopic (exact) mass is 191 g/mol. The molecule has 1 aromatic rings. The van der Waals surface area contributed by atoms with Crippen LogP contribution < -0.4 is 0 Å². The lowest BCUT2D eigenvalue weighted by molar-refractivity contribution is 0.660. The van der Waals surface area contributed by atoms with Crippen molar-refractivity contribution < 1.29 is 0 Å². The summed E-state index contributed by atoms with van der Waals surface area (Å²) in [6.45, 7) is 2.27. The van der Waals surface area contributed by atoms with E-state index >= 15 is 0 Å². The number of allylic oxidation sites excluding steroid dienone is 6. The van der Waals surface area contributed by atoms with E-state index in [1.54, 1.807) is 0 Å². The third-order valence-electron chi connectivity index (χ3n) is 4.06. The van der Waals surface area contributed by atoms with Crippen molar-refractivity contribution in [1.82, 2.24) is 0 Å². The molecule has 4 aliphatic rings. The third kappa shape index (κ3) is 0.629. The highest BCUT2D eigenvalue weighted by Gasteiger charge is 2.50. The van der Waals surface area contributed by atoms with Gasteiger partial charge >= 0.3 is 0 Å². The van der Waals surface area contributed by atoms with Crippen LogP contribution in [-0.4, -0.2) is 0 Å². The minimum Gasteiger partial charge on any atom is -0.0581 e. The van der Waals surface area contributed by atoms with Crippen molar-refractivity contribution >= 4 is 0 Å². The summed E-state index contributed by atoms with van der Waals surface area (Å²) in [5.41, 5.74) is 5.80. The second kappa shape index (κ2) is 2.16. The SMILES string of the molecule is C[C]1c2ccc(cc2)C12C1=CC=C2C=C1. The van der Waals surface area contributed by atoms with E-state index in [0.717, 1.165) is 0 Å².